The molecule has 1 N–H and O–H groups in total. The molecule has 8 heteroatoms. The zero-order chi connectivity index (χ0) is 14.9. The van der Waals surface area contributed by atoms with Crippen LogP contribution in [0.15, 0.2) is 10.8 Å². The second-order valence-corrected chi connectivity index (χ2v) is 7.13. The lowest BCUT2D eigenvalue weighted by molar-refractivity contribution is 0.0782. The molecular formula is C12H19N3O4S. The van der Waals surface area contributed by atoms with Gasteiger partial charge >= 0.3 is 0 Å². The molecular weight excluding hydrogens is 282 g/mol. The summed E-state index contributed by atoms with van der Waals surface area (Å²) in [6.45, 7) is 4.72. The summed E-state index contributed by atoms with van der Waals surface area (Å²) in [7, 11) is -3.25. The number of amides is 1. The highest BCUT2D eigenvalue weighted by Gasteiger charge is 2.31. The van der Waals surface area contributed by atoms with E-state index in [4.69, 9.17) is 4.42 Å². The van der Waals surface area contributed by atoms with Gasteiger partial charge < -0.3 is 9.32 Å². The van der Waals surface area contributed by atoms with Crippen LogP contribution in [0.3, 0.4) is 0 Å². The van der Waals surface area contributed by atoms with E-state index in [1.165, 1.54) is 6.39 Å². The summed E-state index contributed by atoms with van der Waals surface area (Å²) in [6, 6.07) is -0.233. The van der Waals surface area contributed by atoms with E-state index in [0.29, 0.717) is 31.0 Å². The van der Waals surface area contributed by atoms with Crippen LogP contribution in [0.2, 0.25) is 0 Å². The Bertz CT molecular complexity index is 594. The first-order valence-corrected chi connectivity index (χ1v) is 8.37. The highest BCUT2D eigenvalue weighted by Crippen LogP contribution is 2.21. The lowest BCUT2D eigenvalue weighted by Crippen LogP contribution is -2.38. The number of aromatic nitrogens is 1. The molecule has 0 aromatic carbocycles. The van der Waals surface area contributed by atoms with Crippen molar-refractivity contribution in [3.63, 3.8) is 0 Å². The summed E-state index contributed by atoms with van der Waals surface area (Å²) in [6.07, 6.45) is 2.99. The molecule has 0 saturated carbocycles. The number of oxazole rings is 1. The lowest BCUT2D eigenvalue weighted by atomic mass is 10.1. The van der Waals surface area contributed by atoms with Gasteiger partial charge in [-0.3, -0.25) is 4.79 Å². The fraction of sp³-hybridized carbons (Fsp3) is 0.667. The predicted octanol–water partition coefficient (Wildman–Crippen LogP) is 0.562. The van der Waals surface area contributed by atoms with Crippen molar-refractivity contribution in [2.45, 2.75) is 32.2 Å². The number of carbonyl (C=O) groups excluding carboxylic acids is 1. The molecule has 20 heavy (non-hydrogen) atoms. The molecule has 1 amide bonds. The first-order valence-electron chi connectivity index (χ1n) is 6.48. The van der Waals surface area contributed by atoms with Crippen LogP contribution in [0.1, 0.15) is 42.4 Å². The summed E-state index contributed by atoms with van der Waals surface area (Å²) in [5, 5.41) is 0. The monoisotopic (exact) mass is 301 g/mol. The first kappa shape index (κ1) is 15.0. The zero-order valence-electron chi connectivity index (χ0n) is 11.8. The van der Waals surface area contributed by atoms with Crippen molar-refractivity contribution < 1.29 is 17.6 Å². The summed E-state index contributed by atoms with van der Waals surface area (Å²) in [5.41, 5.74) is 0.319. The topological polar surface area (TPSA) is 92.5 Å². The number of hydrogen-bond acceptors (Lipinski definition) is 5. The number of sulfonamides is 1. The highest BCUT2D eigenvalue weighted by atomic mass is 32.2. The molecule has 0 bridgehead atoms. The Morgan fingerprint density at radius 2 is 2.25 bits per heavy atom. The maximum Gasteiger partial charge on any atom is 0.276 e. The minimum absolute atomic E-state index is 0.0731. The van der Waals surface area contributed by atoms with Gasteiger partial charge in [0.05, 0.1) is 6.26 Å². The summed E-state index contributed by atoms with van der Waals surface area (Å²) < 4.78 is 30.2. The van der Waals surface area contributed by atoms with Crippen LogP contribution in [0, 0.1) is 0 Å². The Hall–Kier alpha value is -1.41. The van der Waals surface area contributed by atoms with Gasteiger partial charge in [-0.15, -0.1) is 0 Å². The van der Waals surface area contributed by atoms with Gasteiger partial charge in [-0.2, -0.15) is 0 Å². The fourth-order valence-corrected chi connectivity index (χ4v) is 3.12. The second-order valence-electron chi connectivity index (χ2n) is 5.35. The molecule has 2 heterocycles. The minimum Gasteiger partial charge on any atom is -0.447 e. The van der Waals surface area contributed by atoms with Crippen molar-refractivity contribution in [1.29, 1.82) is 0 Å². The van der Waals surface area contributed by atoms with Gasteiger partial charge in [0.1, 0.15) is 5.76 Å². The van der Waals surface area contributed by atoms with E-state index in [-0.39, 0.29) is 17.9 Å². The summed E-state index contributed by atoms with van der Waals surface area (Å²) in [5.74, 6) is 0.429. The van der Waals surface area contributed by atoms with Gasteiger partial charge in [0.15, 0.2) is 12.1 Å². The molecule has 1 aliphatic rings. The Balaban J connectivity index is 2.06. The molecule has 1 saturated heterocycles. The number of carbonyl (C=O) groups is 1. The maximum atomic E-state index is 12.4. The minimum atomic E-state index is -3.25. The SMILES string of the molecule is CC(C)c1ocnc1C(=O)N1CCC(NS(C)(=O)=O)C1. The van der Waals surface area contributed by atoms with Crippen molar-refractivity contribution >= 4 is 15.9 Å². The Kier molecular flexibility index (Phi) is 4.14. The van der Waals surface area contributed by atoms with E-state index in [9.17, 15) is 13.2 Å². The maximum absolute atomic E-state index is 12.4. The smallest absolute Gasteiger partial charge is 0.276 e. The highest BCUT2D eigenvalue weighted by molar-refractivity contribution is 7.88. The first-order chi connectivity index (χ1) is 9.28. The van der Waals surface area contributed by atoms with E-state index in [2.05, 4.69) is 9.71 Å². The molecule has 2 rings (SSSR count). The second kappa shape index (κ2) is 5.53. The number of nitrogens with zero attached hydrogens (tertiary/aromatic N) is 2. The van der Waals surface area contributed by atoms with Crippen molar-refractivity contribution in [2.24, 2.45) is 0 Å². The van der Waals surface area contributed by atoms with Crippen LogP contribution >= 0.6 is 0 Å². The molecule has 112 valence electrons. The van der Waals surface area contributed by atoms with Crippen LogP contribution in [-0.2, 0) is 10.0 Å². The van der Waals surface area contributed by atoms with E-state index in [1.807, 2.05) is 13.8 Å². The third kappa shape index (κ3) is 3.37. The van der Waals surface area contributed by atoms with Gasteiger partial charge in [0.2, 0.25) is 10.0 Å². The van der Waals surface area contributed by atoms with Crippen LogP contribution in [-0.4, -0.2) is 49.6 Å². The summed E-state index contributed by atoms with van der Waals surface area (Å²) >= 11 is 0. The molecule has 0 spiro atoms. The average Bonchev–Trinajstić information content (AvgIpc) is 2.93. The van der Waals surface area contributed by atoms with Crippen molar-refractivity contribution in [3.05, 3.63) is 17.8 Å². The average molecular weight is 301 g/mol. The van der Waals surface area contributed by atoms with E-state index < -0.39 is 10.0 Å². The number of hydrogen-bond donors (Lipinski definition) is 1. The normalized spacial score (nSPS) is 19.8. The molecule has 1 aliphatic heterocycles. The van der Waals surface area contributed by atoms with Crippen molar-refractivity contribution in [3.8, 4) is 0 Å². The number of nitrogens with one attached hydrogen (secondary N) is 1. The third-order valence-corrected chi connectivity index (χ3v) is 3.94. The van der Waals surface area contributed by atoms with Crippen LogP contribution in [0.4, 0.5) is 0 Å². The largest absolute Gasteiger partial charge is 0.447 e. The zero-order valence-corrected chi connectivity index (χ0v) is 12.6. The molecule has 1 aromatic rings. The predicted molar refractivity (Wildman–Crippen MR) is 72.9 cm³/mol. The Morgan fingerprint density at radius 1 is 1.55 bits per heavy atom. The van der Waals surface area contributed by atoms with Gasteiger partial charge in [0, 0.05) is 25.0 Å². The van der Waals surface area contributed by atoms with Crippen molar-refractivity contribution in [1.82, 2.24) is 14.6 Å². The van der Waals surface area contributed by atoms with E-state index in [1.54, 1.807) is 4.90 Å². The Labute approximate surface area is 118 Å². The van der Waals surface area contributed by atoms with Crippen LogP contribution in [0.5, 0.6) is 0 Å². The van der Waals surface area contributed by atoms with Gasteiger partial charge in [-0.1, -0.05) is 13.8 Å². The molecule has 1 aromatic heterocycles. The van der Waals surface area contributed by atoms with Gasteiger partial charge in [-0.05, 0) is 6.42 Å². The standard InChI is InChI=1S/C12H19N3O4S/c1-8(2)11-10(13-7-19-11)12(16)15-5-4-9(6-15)14-20(3,17)18/h7-9,14H,4-6H2,1-3H3. The molecule has 1 unspecified atom stereocenters. The summed E-state index contributed by atoms with van der Waals surface area (Å²) in [4.78, 5) is 18.0. The molecule has 1 atom stereocenters. The molecule has 7 nitrogen and oxygen atoms in total. The van der Waals surface area contributed by atoms with Crippen LogP contribution < -0.4 is 4.72 Å². The van der Waals surface area contributed by atoms with Gasteiger partial charge in [-0.25, -0.2) is 18.1 Å². The molecule has 0 radical (unpaired) electrons. The number of rotatable bonds is 4. The lowest BCUT2D eigenvalue weighted by Gasteiger charge is -2.16. The molecule has 0 aliphatic carbocycles. The fourth-order valence-electron chi connectivity index (χ4n) is 2.32. The van der Waals surface area contributed by atoms with E-state index >= 15 is 0 Å². The quantitative estimate of drug-likeness (QED) is 0.877. The van der Waals surface area contributed by atoms with Crippen molar-refractivity contribution in [2.75, 3.05) is 19.3 Å². The van der Waals surface area contributed by atoms with Gasteiger partial charge in [0.25, 0.3) is 5.91 Å². The number of likely N-dealkylation sites (tertiary alicyclic amines) is 1. The third-order valence-electron chi connectivity index (χ3n) is 3.18. The molecule has 1 fully saturated rings. The van der Waals surface area contributed by atoms with Crippen LogP contribution in [0.25, 0.3) is 0 Å². The Morgan fingerprint density at radius 3 is 2.85 bits per heavy atom. The van der Waals surface area contributed by atoms with E-state index in [0.717, 1.165) is 6.26 Å².